The van der Waals surface area contributed by atoms with Gasteiger partial charge in [0.15, 0.2) is 0 Å². The molecule has 6 heteroatoms. The third-order valence-electron chi connectivity index (χ3n) is 1.22. The number of anilines is 1. The van der Waals surface area contributed by atoms with Crippen LogP contribution in [0.25, 0.3) is 0 Å². The largest absolute Gasteiger partial charge is 0.506 e. The number of nitro benzene ring substituents is 1. The van der Waals surface area contributed by atoms with Crippen molar-refractivity contribution < 1.29 is 15.1 Å². The van der Waals surface area contributed by atoms with E-state index in [1.54, 1.807) is 6.92 Å². The van der Waals surface area contributed by atoms with E-state index in [2.05, 4.69) is 0 Å². The summed E-state index contributed by atoms with van der Waals surface area (Å²) in [5, 5.41) is 26.6. The highest BCUT2D eigenvalue weighted by molar-refractivity contribution is 5.57. The van der Waals surface area contributed by atoms with Gasteiger partial charge in [0.05, 0.1) is 10.6 Å². The predicted octanol–water partition coefficient (Wildman–Crippen LogP) is 0.881. The van der Waals surface area contributed by atoms with E-state index < -0.39 is 4.92 Å². The van der Waals surface area contributed by atoms with Crippen LogP contribution in [-0.2, 0) is 0 Å². The number of phenolic OH excluding ortho intramolecular Hbond substituents is 1. The van der Waals surface area contributed by atoms with E-state index in [1.165, 1.54) is 12.1 Å². The number of nitrogens with two attached hydrogens (primary N) is 1. The van der Waals surface area contributed by atoms with Gasteiger partial charge in [0, 0.05) is 18.7 Å². The number of benzene rings is 1. The second-order valence-electron chi connectivity index (χ2n) is 2.32. The summed E-state index contributed by atoms with van der Waals surface area (Å²) in [6, 6.07) is 3.48. The molecule has 0 fully saturated rings. The molecule has 0 spiro atoms. The second-order valence-corrected chi connectivity index (χ2v) is 2.32. The van der Waals surface area contributed by atoms with Crippen LogP contribution in [0, 0.1) is 10.1 Å². The van der Waals surface area contributed by atoms with Crippen molar-refractivity contribution >= 4 is 11.4 Å². The maximum Gasteiger partial charge on any atom is 0.271 e. The summed E-state index contributed by atoms with van der Waals surface area (Å²) in [7, 11) is 0. The minimum Gasteiger partial charge on any atom is -0.506 e. The van der Waals surface area contributed by atoms with Crippen molar-refractivity contribution in [1.29, 1.82) is 0 Å². The Bertz CT molecular complexity index is 314. The molecular formula is C8H12N2O4. The molecule has 1 aromatic rings. The van der Waals surface area contributed by atoms with Gasteiger partial charge >= 0.3 is 0 Å². The summed E-state index contributed by atoms with van der Waals surface area (Å²) in [4.78, 5) is 9.56. The summed E-state index contributed by atoms with van der Waals surface area (Å²) in [5.41, 5.74) is 5.09. The van der Waals surface area contributed by atoms with E-state index in [1.807, 2.05) is 0 Å². The molecule has 0 bridgehead atoms. The molecule has 4 N–H and O–H groups in total. The van der Waals surface area contributed by atoms with Crippen LogP contribution in [0.1, 0.15) is 6.92 Å². The van der Waals surface area contributed by atoms with Crippen LogP contribution in [-0.4, -0.2) is 21.7 Å². The second kappa shape index (κ2) is 5.76. The lowest BCUT2D eigenvalue weighted by Gasteiger charge is -1.96. The summed E-state index contributed by atoms with van der Waals surface area (Å²) in [5.74, 6) is -0.143. The first-order valence-electron chi connectivity index (χ1n) is 3.86. The molecule has 1 aromatic carbocycles. The number of hydrogen-bond acceptors (Lipinski definition) is 5. The van der Waals surface area contributed by atoms with Gasteiger partial charge < -0.3 is 15.9 Å². The number of phenols is 1. The zero-order chi connectivity index (χ0) is 11.1. The molecule has 0 saturated carbocycles. The lowest BCUT2D eigenvalue weighted by Crippen LogP contribution is -1.90. The number of non-ortho nitro benzene ring substituents is 1. The quantitative estimate of drug-likeness (QED) is 0.270. The van der Waals surface area contributed by atoms with Crippen LogP contribution in [0.2, 0.25) is 0 Å². The summed E-state index contributed by atoms with van der Waals surface area (Å²) in [6.45, 7) is 1.93. The SMILES string of the molecule is CCO.Nc1cc([N+](=O)[O-])ccc1O. The molecule has 0 unspecified atom stereocenters. The van der Waals surface area contributed by atoms with E-state index >= 15 is 0 Å². The van der Waals surface area contributed by atoms with Gasteiger partial charge in [-0.25, -0.2) is 0 Å². The van der Waals surface area contributed by atoms with Gasteiger partial charge in [-0.1, -0.05) is 0 Å². The fraction of sp³-hybridized carbons (Fsp3) is 0.250. The molecule has 0 heterocycles. The molecule has 78 valence electrons. The van der Waals surface area contributed by atoms with Crippen LogP contribution >= 0.6 is 0 Å². The number of aliphatic hydroxyl groups excluding tert-OH is 1. The van der Waals surface area contributed by atoms with Gasteiger partial charge in [-0.15, -0.1) is 0 Å². The van der Waals surface area contributed by atoms with Crippen LogP contribution in [0.4, 0.5) is 11.4 Å². The maximum absolute atomic E-state index is 10.1. The molecule has 0 radical (unpaired) electrons. The Morgan fingerprint density at radius 2 is 2.07 bits per heavy atom. The topological polar surface area (TPSA) is 110 Å². The lowest BCUT2D eigenvalue weighted by atomic mass is 10.2. The first-order chi connectivity index (χ1) is 6.52. The average molecular weight is 200 g/mol. The summed E-state index contributed by atoms with van der Waals surface area (Å²) < 4.78 is 0. The molecule has 1 rings (SSSR count). The molecule has 0 atom stereocenters. The van der Waals surface area contributed by atoms with Gasteiger partial charge in [-0.05, 0) is 13.0 Å². The van der Waals surface area contributed by atoms with Gasteiger partial charge in [0.25, 0.3) is 5.69 Å². The minimum atomic E-state index is -0.574. The molecule has 0 saturated heterocycles. The monoisotopic (exact) mass is 200 g/mol. The van der Waals surface area contributed by atoms with E-state index in [-0.39, 0.29) is 23.7 Å². The van der Waals surface area contributed by atoms with Crippen LogP contribution in [0.15, 0.2) is 18.2 Å². The fourth-order valence-electron chi connectivity index (χ4n) is 0.655. The Kier molecular flexibility index (Phi) is 5.01. The lowest BCUT2D eigenvalue weighted by molar-refractivity contribution is -0.384. The van der Waals surface area contributed by atoms with Crippen molar-refractivity contribution in [1.82, 2.24) is 0 Å². The highest BCUT2D eigenvalue weighted by Gasteiger charge is 2.06. The normalized spacial score (nSPS) is 8.71. The number of nitrogen functional groups attached to an aromatic ring is 1. The Hall–Kier alpha value is -1.82. The molecule has 6 nitrogen and oxygen atoms in total. The third kappa shape index (κ3) is 3.72. The minimum absolute atomic E-state index is 0.0131. The smallest absolute Gasteiger partial charge is 0.271 e. The Morgan fingerprint density at radius 3 is 2.43 bits per heavy atom. The third-order valence-corrected chi connectivity index (χ3v) is 1.22. The van der Waals surface area contributed by atoms with Crippen molar-refractivity contribution in [3.8, 4) is 5.75 Å². The van der Waals surface area contributed by atoms with Crippen LogP contribution < -0.4 is 5.73 Å². The predicted molar refractivity (Wildman–Crippen MR) is 51.9 cm³/mol. The van der Waals surface area contributed by atoms with Crippen LogP contribution in [0.5, 0.6) is 5.75 Å². The number of aromatic hydroxyl groups is 1. The van der Waals surface area contributed by atoms with Crippen molar-refractivity contribution in [2.24, 2.45) is 0 Å². The number of hydrogen-bond donors (Lipinski definition) is 3. The van der Waals surface area contributed by atoms with E-state index in [0.29, 0.717) is 0 Å². The van der Waals surface area contributed by atoms with Gasteiger partial charge in [-0.3, -0.25) is 10.1 Å². The van der Waals surface area contributed by atoms with Crippen molar-refractivity contribution in [3.63, 3.8) is 0 Å². The molecule has 14 heavy (non-hydrogen) atoms. The first-order valence-corrected chi connectivity index (χ1v) is 3.86. The van der Waals surface area contributed by atoms with Gasteiger partial charge in [0.1, 0.15) is 5.75 Å². The zero-order valence-electron chi connectivity index (χ0n) is 7.67. The molecule has 0 amide bonds. The fourth-order valence-corrected chi connectivity index (χ4v) is 0.655. The van der Waals surface area contributed by atoms with Gasteiger partial charge in [0.2, 0.25) is 0 Å². The highest BCUT2D eigenvalue weighted by atomic mass is 16.6. The molecule has 0 aromatic heterocycles. The molecule has 0 aliphatic carbocycles. The maximum atomic E-state index is 10.1. The number of nitro groups is 1. The highest BCUT2D eigenvalue weighted by Crippen LogP contribution is 2.24. The van der Waals surface area contributed by atoms with E-state index in [9.17, 15) is 10.1 Å². The Labute approximate surface area is 80.7 Å². The molecular weight excluding hydrogens is 188 g/mol. The standard InChI is InChI=1S/C6H6N2O3.C2H6O/c7-5-3-4(8(10)11)1-2-6(5)9;1-2-3/h1-3,9H,7H2;3H,2H2,1H3. The Balaban J connectivity index is 0.000000500. The molecule has 0 aliphatic heterocycles. The zero-order valence-corrected chi connectivity index (χ0v) is 7.67. The van der Waals surface area contributed by atoms with Crippen molar-refractivity contribution in [2.75, 3.05) is 12.3 Å². The number of aliphatic hydroxyl groups is 1. The molecule has 0 aliphatic rings. The summed E-state index contributed by atoms with van der Waals surface area (Å²) >= 11 is 0. The van der Waals surface area contributed by atoms with Crippen LogP contribution in [0.3, 0.4) is 0 Å². The van der Waals surface area contributed by atoms with Gasteiger partial charge in [-0.2, -0.15) is 0 Å². The Morgan fingerprint density at radius 1 is 1.57 bits per heavy atom. The van der Waals surface area contributed by atoms with Crippen molar-refractivity contribution in [2.45, 2.75) is 6.92 Å². The van der Waals surface area contributed by atoms with E-state index in [4.69, 9.17) is 15.9 Å². The number of rotatable bonds is 1. The average Bonchev–Trinajstić information content (AvgIpc) is 2.10. The number of nitrogens with zero attached hydrogens (tertiary/aromatic N) is 1. The van der Waals surface area contributed by atoms with Crippen molar-refractivity contribution in [3.05, 3.63) is 28.3 Å². The first kappa shape index (κ1) is 12.2. The summed E-state index contributed by atoms with van der Waals surface area (Å²) in [6.07, 6.45) is 0. The van der Waals surface area contributed by atoms with E-state index in [0.717, 1.165) is 6.07 Å².